The SMILES string of the molecule is CCCC(=O)Nc1ccc2c(c1)NC(=O)CC2c1cc(OC)c2c(c1)OCO2. The monoisotopic (exact) mass is 382 g/mol. The van der Waals surface area contributed by atoms with E-state index >= 15 is 0 Å². The predicted octanol–water partition coefficient (Wildman–Crippen LogP) is 3.64. The molecular formula is C21H22N2O5. The molecule has 0 aromatic heterocycles. The Balaban J connectivity index is 1.69. The Hall–Kier alpha value is -3.22. The van der Waals surface area contributed by atoms with Gasteiger partial charge >= 0.3 is 0 Å². The number of carbonyl (C=O) groups excluding carboxylic acids is 2. The molecule has 2 aromatic rings. The maximum Gasteiger partial charge on any atom is 0.231 e. The number of carbonyl (C=O) groups is 2. The van der Waals surface area contributed by atoms with Crippen molar-refractivity contribution in [2.24, 2.45) is 0 Å². The zero-order chi connectivity index (χ0) is 19.7. The molecule has 2 amide bonds. The topological polar surface area (TPSA) is 85.9 Å². The third-order valence-electron chi connectivity index (χ3n) is 4.94. The first-order chi connectivity index (χ1) is 13.6. The maximum absolute atomic E-state index is 12.3. The molecule has 0 radical (unpaired) electrons. The molecule has 0 saturated carbocycles. The lowest BCUT2D eigenvalue weighted by Gasteiger charge is -2.27. The average molecular weight is 382 g/mol. The second-order valence-electron chi connectivity index (χ2n) is 6.86. The molecule has 2 N–H and O–H groups in total. The van der Waals surface area contributed by atoms with Gasteiger partial charge < -0.3 is 24.8 Å². The van der Waals surface area contributed by atoms with E-state index in [1.807, 2.05) is 31.2 Å². The first-order valence-corrected chi connectivity index (χ1v) is 9.30. The lowest BCUT2D eigenvalue weighted by atomic mass is 9.84. The van der Waals surface area contributed by atoms with Gasteiger partial charge in [-0.15, -0.1) is 0 Å². The van der Waals surface area contributed by atoms with E-state index in [4.69, 9.17) is 14.2 Å². The van der Waals surface area contributed by atoms with Gasteiger partial charge in [-0.05, 0) is 41.8 Å². The molecule has 0 aliphatic carbocycles. The first-order valence-electron chi connectivity index (χ1n) is 9.30. The summed E-state index contributed by atoms with van der Waals surface area (Å²) in [5, 5.41) is 5.78. The van der Waals surface area contributed by atoms with Gasteiger partial charge in [-0.1, -0.05) is 13.0 Å². The van der Waals surface area contributed by atoms with Gasteiger partial charge in [0.2, 0.25) is 24.4 Å². The summed E-state index contributed by atoms with van der Waals surface area (Å²) in [4.78, 5) is 24.2. The molecule has 2 aromatic carbocycles. The Labute approximate surface area is 163 Å². The van der Waals surface area contributed by atoms with Gasteiger partial charge in [0.15, 0.2) is 11.5 Å². The van der Waals surface area contributed by atoms with Crippen LogP contribution in [0.3, 0.4) is 0 Å². The molecule has 2 heterocycles. The average Bonchev–Trinajstić information content (AvgIpc) is 3.15. The number of rotatable bonds is 5. The number of methoxy groups -OCH3 is 1. The van der Waals surface area contributed by atoms with Crippen LogP contribution in [0.4, 0.5) is 11.4 Å². The second kappa shape index (κ2) is 7.42. The first kappa shape index (κ1) is 18.2. The fourth-order valence-electron chi connectivity index (χ4n) is 3.64. The summed E-state index contributed by atoms with van der Waals surface area (Å²) in [7, 11) is 1.58. The molecule has 7 heteroatoms. The second-order valence-corrected chi connectivity index (χ2v) is 6.86. The summed E-state index contributed by atoms with van der Waals surface area (Å²) in [6.07, 6.45) is 1.56. The molecule has 28 heavy (non-hydrogen) atoms. The largest absolute Gasteiger partial charge is 0.493 e. The van der Waals surface area contributed by atoms with Crippen molar-refractivity contribution in [3.05, 3.63) is 41.5 Å². The van der Waals surface area contributed by atoms with E-state index in [0.29, 0.717) is 41.5 Å². The van der Waals surface area contributed by atoms with Crippen LogP contribution in [0.25, 0.3) is 0 Å². The molecular weight excluding hydrogens is 360 g/mol. The molecule has 1 unspecified atom stereocenters. The highest BCUT2D eigenvalue weighted by atomic mass is 16.7. The van der Waals surface area contributed by atoms with Crippen LogP contribution in [-0.2, 0) is 9.59 Å². The summed E-state index contributed by atoms with van der Waals surface area (Å²) in [5.41, 5.74) is 3.27. The number of hydrogen-bond acceptors (Lipinski definition) is 5. The fraction of sp³-hybridized carbons (Fsp3) is 0.333. The smallest absolute Gasteiger partial charge is 0.231 e. The number of ether oxygens (including phenoxy) is 3. The van der Waals surface area contributed by atoms with Gasteiger partial charge in [-0.3, -0.25) is 9.59 Å². The Morgan fingerprint density at radius 3 is 2.93 bits per heavy atom. The van der Waals surface area contributed by atoms with Gasteiger partial charge in [0, 0.05) is 30.1 Å². The van der Waals surface area contributed by atoms with Gasteiger partial charge in [0.1, 0.15) is 0 Å². The normalized spacial score (nSPS) is 16.9. The number of hydrogen-bond donors (Lipinski definition) is 2. The summed E-state index contributed by atoms with van der Waals surface area (Å²) in [5.74, 6) is 1.52. The quantitative estimate of drug-likeness (QED) is 0.825. The fourth-order valence-corrected chi connectivity index (χ4v) is 3.64. The van der Waals surface area contributed by atoms with E-state index < -0.39 is 0 Å². The van der Waals surface area contributed by atoms with Gasteiger partial charge in [-0.25, -0.2) is 0 Å². The summed E-state index contributed by atoms with van der Waals surface area (Å²) in [6, 6.07) is 9.39. The number of fused-ring (bicyclic) bond motifs is 2. The summed E-state index contributed by atoms with van der Waals surface area (Å²) in [6.45, 7) is 2.11. The molecule has 0 spiro atoms. The highest BCUT2D eigenvalue weighted by Crippen LogP contribution is 2.46. The van der Waals surface area contributed by atoms with Gasteiger partial charge in [-0.2, -0.15) is 0 Å². The molecule has 146 valence electrons. The number of anilines is 2. The summed E-state index contributed by atoms with van der Waals surface area (Å²) >= 11 is 0. The van der Waals surface area contributed by atoms with Crippen LogP contribution >= 0.6 is 0 Å². The van der Waals surface area contributed by atoms with Crippen molar-refractivity contribution in [2.75, 3.05) is 24.5 Å². The van der Waals surface area contributed by atoms with Crippen molar-refractivity contribution in [2.45, 2.75) is 32.1 Å². The third kappa shape index (κ3) is 3.35. The summed E-state index contributed by atoms with van der Waals surface area (Å²) < 4.78 is 16.4. The molecule has 0 saturated heterocycles. The van der Waals surface area contributed by atoms with Gasteiger partial charge in [0.25, 0.3) is 0 Å². The maximum atomic E-state index is 12.3. The van der Waals surface area contributed by atoms with Crippen molar-refractivity contribution in [3.63, 3.8) is 0 Å². The standard InChI is InChI=1S/C21H22N2O5/c1-3-4-19(24)22-13-5-6-14-15(10-20(25)23-16(14)9-13)12-7-17(26-2)21-18(8-12)27-11-28-21/h5-9,15H,3-4,10-11H2,1-2H3,(H,22,24)(H,23,25). The van der Waals surface area contributed by atoms with Crippen LogP contribution in [0.2, 0.25) is 0 Å². The molecule has 2 aliphatic rings. The molecule has 0 bridgehead atoms. The molecule has 4 rings (SSSR count). The lowest BCUT2D eigenvalue weighted by Crippen LogP contribution is -2.24. The minimum atomic E-state index is -0.146. The van der Waals surface area contributed by atoms with E-state index in [0.717, 1.165) is 17.5 Å². The van der Waals surface area contributed by atoms with Crippen LogP contribution in [0, 0.1) is 0 Å². The number of benzene rings is 2. The Morgan fingerprint density at radius 1 is 1.29 bits per heavy atom. The van der Waals surface area contributed by atoms with Crippen molar-refractivity contribution in [1.82, 2.24) is 0 Å². The van der Waals surface area contributed by atoms with Crippen molar-refractivity contribution in [1.29, 1.82) is 0 Å². The van der Waals surface area contributed by atoms with Gasteiger partial charge in [0.05, 0.1) is 7.11 Å². The van der Waals surface area contributed by atoms with Crippen LogP contribution in [0.15, 0.2) is 30.3 Å². The minimum absolute atomic E-state index is 0.0401. The Kier molecular flexibility index (Phi) is 4.81. The van der Waals surface area contributed by atoms with Crippen molar-refractivity contribution >= 4 is 23.2 Å². The van der Waals surface area contributed by atoms with E-state index in [-0.39, 0.29) is 24.5 Å². The van der Waals surface area contributed by atoms with Crippen LogP contribution < -0.4 is 24.8 Å². The van der Waals surface area contributed by atoms with E-state index in [1.165, 1.54) is 0 Å². The molecule has 2 aliphatic heterocycles. The zero-order valence-corrected chi connectivity index (χ0v) is 15.8. The molecule has 1 atom stereocenters. The number of amides is 2. The third-order valence-corrected chi connectivity index (χ3v) is 4.94. The van der Waals surface area contributed by atoms with E-state index in [2.05, 4.69) is 10.6 Å². The van der Waals surface area contributed by atoms with E-state index in [1.54, 1.807) is 13.2 Å². The van der Waals surface area contributed by atoms with Crippen LogP contribution in [-0.4, -0.2) is 25.7 Å². The van der Waals surface area contributed by atoms with Crippen LogP contribution in [0.1, 0.15) is 43.2 Å². The highest BCUT2D eigenvalue weighted by molar-refractivity contribution is 5.97. The van der Waals surface area contributed by atoms with Crippen molar-refractivity contribution < 1.29 is 23.8 Å². The van der Waals surface area contributed by atoms with Crippen LogP contribution in [0.5, 0.6) is 17.2 Å². The van der Waals surface area contributed by atoms with E-state index in [9.17, 15) is 9.59 Å². The number of nitrogens with one attached hydrogen (secondary N) is 2. The lowest BCUT2D eigenvalue weighted by molar-refractivity contribution is -0.117. The Bertz CT molecular complexity index is 941. The minimum Gasteiger partial charge on any atom is -0.493 e. The highest BCUT2D eigenvalue weighted by Gasteiger charge is 2.30. The zero-order valence-electron chi connectivity index (χ0n) is 15.8. The van der Waals surface area contributed by atoms with Crippen molar-refractivity contribution in [3.8, 4) is 17.2 Å². The Morgan fingerprint density at radius 2 is 2.14 bits per heavy atom. The predicted molar refractivity (Wildman–Crippen MR) is 104 cm³/mol. The molecule has 7 nitrogen and oxygen atoms in total. The molecule has 0 fully saturated rings.